The van der Waals surface area contributed by atoms with Gasteiger partial charge in [-0.25, -0.2) is 13.1 Å². The Morgan fingerprint density at radius 2 is 2.30 bits per heavy atom. The topological polar surface area (TPSA) is 97.1 Å². The van der Waals surface area contributed by atoms with Crippen LogP contribution in [0.3, 0.4) is 0 Å². The van der Waals surface area contributed by atoms with E-state index in [-0.39, 0.29) is 16.3 Å². The fourth-order valence-electron chi connectivity index (χ4n) is 2.03. The highest BCUT2D eigenvalue weighted by Crippen LogP contribution is 2.25. The second-order valence-electron chi connectivity index (χ2n) is 4.56. The van der Waals surface area contributed by atoms with Crippen molar-refractivity contribution in [3.8, 4) is 0 Å². The minimum atomic E-state index is -3.65. The summed E-state index contributed by atoms with van der Waals surface area (Å²) in [5.74, 6) is 0.419. The van der Waals surface area contributed by atoms with Gasteiger partial charge in [-0.3, -0.25) is 0 Å². The molecule has 1 saturated heterocycles. The zero-order valence-corrected chi connectivity index (χ0v) is 12.4. The smallest absolute Gasteiger partial charge is 0.329 e. The van der Waals surface area contributed by atoms with Crippen molar-refractivity contribution in [2.24, 2.45) is 0 Å². The van der Waals surface area contributed by atoms with Crippen molar-refractivity contribution >= 4 is 27.4 Å². The van der Waals surface area contributed by atoms with Crippen LogP contribution in [0, 0.1) is 6.92 Å². The SMILES string of the molecule is Cc1ccc(S(=O)(=O)Nc2nnc(C3CCCN3)o2)s1. The average Bonchev–Trinajstić information content (AvgIpc) is 3.06. The molecule has 3 rings (SSSR count). The monoisotopic (exact) mass is 314 g/mol. The Kier molecular flexibility index (Phi) is 3.48. The first kappa shape index (κ1) is 13.5. The summed E-state index contributed by atoms with van der Waals surface area (Å²) in [5.41, 5.74) is 0. The maximum atomic E-state index is 12.1. The Bertz CT molecular complexity index is 701. The molecular weight excluding hydrogens is 300 g/mol. The van der Waals surface area contributed by atoms with Crippen LogP contribution in [-0.2, 0) is 10.0 Å². The number of anilines is 1. The van der Waals surface area contributed by atoms with Gasteiger partial charge in [-0.1, -0.05) is 5.10 Å². The number of aryl methyl sites for hydroxylation is 1. The van der Waals surface area contributed by atoms with Gasteiger partial charge in [-0.2, -0.15) is 0 Å². The molecule has 0 spiro atoms. The highest BCUT2D eigenvalue weighted by Gasteiger charge is 2.24. The molecule has 108 valence electrons. The van der Waals surface area contributed by atoms with Crippen LogP contribution in [0.5, 0.6) is 0 Å². The van der Waals surface area contributed by atoms with Gasteiger partial charge in [0, 0.05) is 4.88 Å². The molecule has 0 aliphatic carbocycles. The van der Waals surface area contributed by atoms with Crippen molar-refractivity contribution in [1.29, 1.82) is 0 Å². The van der Waals surface area contributed by atoms with Crippen molar-refractivity contribution in [2.75, 3.05) is 11.3 Å². The van der Waals surface area contributed by atoms with E-state index in [9.17, 15) is 8.42 Å². The first-order chi connectivity index (χ1) is 9.54. The molecule has 1 unspecified atom stereocenters. The van der Waals surface area contributed by atoms with Gasteiger partial charge < -0.3 is 9.73 Å². The first-order valence-corrected chi connectivity index (χ1v) is 8.50. The Hall–Kier alpha value is -1.45. The maximum absolute atomic E-state index is 12.1. The molecule has 1 aliphatic heterocycles. The van der Waals surface area contributed by atoms with Crippen LogP contribution >= 0.6 is 11.3 Å². The molecule has 1 atom stereocenters. The van der Waals surface area contributed by atoms with Gasteiger partial charge in [-0.15, -0.1) is 16.4 Å². The molecule has 0 aromatic carbocycles. The third kappa shape index (κ3) is 2.69. The highest BCUT2D eigenvalue weighted by molar-refractivity contribution is 7.94. The summed E-state index contributed by atoms with van der Waals surface area (Å²) < 4.78 is 32.1. The molecule has 2 aromatic heterocycles. The fraction of sp³-hybridized carbons (Fsp3) is 0.455. The molecule has 2 aromatic rings. The lowest BCUT2D eigenvalue weighted by atomic mass is 10.2. The Morgan fingerprint density at radius 1 is 1.45 bits per heavy atom. The Balaban J connectivity index is 1.77. The van der Waals surface area contributed by atoms with E-state index in [0.717, 1.165) is 24.3 Å². The standard InChI is InChI=1S/C11H14N4O3S2/c1-7-4-5-9(19-7)20(16,17)15-11-14-13-10(18-11)8-3-2-6-12-8/h4-5,8,12H,2-3,6H2,1H3,(H,14,15). The summed E-state index contributed by atoms with van der Waals surface area (Å²) in [6.07, 6.45) is 1.96. The van der Waals surface area contributed by atoms with E-state index in [1.54, 1.807) is 12.1 Å². The lowest BCUT2D eigenvalue weighted by molar-refractivity contribution is 0.439. The minimum Gasteiger partial charge on any atom is -0.406 e. The summed E-state index contributed by atoms with van der Waals surface area (Å²) >= 11 is 1.19. The molecule has 20 heavy (non-hydrogen) atoms. The van der Waals surface area contributed by atoms with Crippen LogP contribution in [0.2, 0.25) is 0 Å². The molecular formula is C11H14N4O3S2. The minimum absolute atomic E-state index is 0.0183. The van der Waals surface area contributed by atoms with E-state index in [4.69, 9.17) is 4.42 Å². The van der Waals surface area contributed by atoms with Crippen molar-refractivity contribution in [2.45, 2.75) is 30.0 Å². The molecule has 0 amide bonds. The van der Waals surface area contributed by atoms with E-state index < -0.39 is 10.0 Å². The number of aromatic nitrogens is 2. The fourth-order valence-corrected chi connectivity index (χ4v) is 4.24. The number of hydrogen-bond acceptors (Lipinski definition) is 7. The zero-order valence-electron chi connectivity index (χ0n) is 10.8. The van der Waals surface area contributed by atoms with Crippen LogP contribution in [0.4, 0.5) is 6.01 Å². The molecule has 7 nitrogen and oxygen atoms in total. The Labute approximate surface area is 120 Å². The van der Waals surface area contributed by atoms with E-state index in [1.165, 1.54) is 11.3 Å². The molecule has 1 fully saturated rings. The molecule has 0 radical (unpaired) electrons. The maximum Gasteiger partial charge on any atom is 0.329 e. The summed E-state index contributed by atoms with van der Waals surface area (Å²) in [4.78, 5) is 0.923. The molecule has 1 aliphatic rings. The van der Waals surface area contributed by atoms with Gasteiger partial charge in [0.05, 0.1) is 6.04 Å². The number of hydrogen-bond donors (Lipinski definition) is 2. The van der Waals surface area contributed by atoms with E-state index in [2.05, 4.69) is 20.2 Å². The van der Waals surface area contributed by atoms with E-state index in [1.807, 2.05) is 6.92 Å². The molecule has 0 bridgehead atoms. The van der Waals surface area contributed by atoms with E-state index in [0.29, 0.717) is 5.89 Å². The summed E-state index contributed by atoms with van der Waals surface area (Å²) in [7, 11) is -3.65. The molecule has 3 heterocycles. The Morgan fingerprint density at radius 3 is 2.95 bits per heavy atom. The number of nitrogens with zero attached hydrogens (tertiary/aromatic N) is 2. The van der Waals surface area contributed by atoms with E-state index >= 15 is 0 Å². The number of thiophene rings is 1. The quantitative estimate of drug-likeness (QED) is 0.891. The third-order valence-electron chi connectivity index (χ3n) is 3.00. The van der Waals surface area contributed by atoms with Gasteiger partial charge in [-0.05, 0) is 38.4 Å². The molecule has 9 heteroatoms. The lowest BCUT2D eigenvalue weighted by Gasteiger charge is -2.03. The van der Waals surface area contributed by atoms with Crippen molar-refractivity contribution in [1.82, 2.24) is 15.5 Å². The number of nitrogens with one attached hydrogen (secondary N) is 2. The average molecular weight is 314 g/mol. The first-order valence-electron chi connectivity index (χ1n) is 6.21. The van der Waals surface area contributed by atoms with Crippen molar-refractivity contribution < 1.29 is 12.8 Å². The summed E-state index contributed by atoms with van der Waals surface area (Å²) in [6.45, 7) is 2.75. The van der Waals surface area contributed by atoms with Gasteiger partial charge in [0.2, 0.25) is 5.89 Å². The molecule has 2 N–H and O–H groups in total. The van der Waals surface area contributed by atoms with Crippen LogP contribution in [0.25, 0.3) is 0 Å². The second kappa shape index (κ2) is 5.15. The van der Waals surface area contributed by atoms with Crippen LogP contribution in [0.15, 0.2) is 20.8 Å². The van der Waals surface area contributed by atoms with Crippen LogP contribution in [-0.4, -0.2) is 25.2 Å². The van der Waals surface area contributed by atoms with Gasteiger partial charge >= 0.3 is 6.01 Å². The second-order valence-corrected chi connectivity index (χ2v) is 7.76. The largest absolute Gasteiger partial charge is 0.406 e. The number of rotatable bonds is 4. The lowest BCUT2D eigenvalue weighted by Crippen LogP contribution is -2.13. The van der Waals surface area contributed by atoms with Gasteiger partial charge in [0.15, 0.2) is 0 Å². The van der Waals surface area contributed by atoms with Gasteiger partial charge in [0.25, 0.3) is 10.0 Å². The number of sulfonamides is 1. The summed E-state index contributed by atoms with van der Waals surface area (Å²) in [6, 6.07) is 3.23. The normalized spacial score (nSPS) is 19.4. The summed E-state index contributed by atoms with van der Waals surface area (Å²) in [5, 5.41) is 10.8. The highest BCUT2D eigenvalue weighted by atomic mass is 32.2. The van der Waals surface area contributed by atoms with Crippen LogP contribution < -0.4 is 10.0 Å². The van der Waals surface area contributed by atoms with Crippen molar-refractivity contribution in [3.63, 3.8) is 0 Å². The van der Waals surface area contributed by atoms with Crippen LogP contribution in [0.1, 0.15) is 29.7 Å². The zero-order chi connectivity index (χ0) is 14.2. The third-order valence-corrected chi connectivity index (χ3v) is 5.81. The van der Waals surface area contributed by atoms with Gasteiger partial charge in [0.1, 0.15) is 4.21 Å². The predicted molar refractivity (Wildman–Crippen MR) is 74.1 cm³/mol. The molecule has 0 saturated carbocycles. The van der Waals surface area contributed by atoms with Crippen molar-refractivity contribution in [3.05, 3.63) is 22.9 Å². The predicted octanol–water partition coefficient (Wildman–Crippen LogP) is 1.66.